The van der Waals surface area contributed by atoms with Gasteiger partial charge in [0.05, 0.1) is 0 Å². The summed E-state index contributed by atoms with van der Waals surface area (Å²) in [5.41, 5.74) is 0. The first-order chi connectivity index (χ1) is 8.08. The maximum absolute atomic E-state index is 12.6. The molecule has 4 nitrogen and oxygen atoms in total. The van der Waals surface area contributed by atoms with Crippen molar-refractivity contribution in [3.8, 4) is 0 Å². The summed E-state index contributed by atoms with van der Waals surface area (Å²) in [4.78, 5) is 21.1. The average Bonchev–Trinajstić information content (AvgIpc) is 2.20. The Bertz CT molecular complexity index is 323. The van der Waals surface area contributed by atoms with Crippen LogP contribution in [0.3, 0.4) is 0 Å². The Balaban J connectivity index is 4.08. The maximum atomic E-state index is 12.6. The fraction of sp³-hybridized carbons (Fsp3) is 0.556. The Morgan fingerprint density at radius 2 is 1.56 bits per heavy atom. The van der Waals surface area contributed by atoms with Crippen LogP contribution in [0.1, 0.15) is 6.42 Å². The lowest BCUT2D eigenvalue weighted by atomic mass is 10.2. The molecule has 0 amide bonds. The van der Waals surface area contributed by atoms with Crippen LogP contribution in [0.4, 0.5) is 22.0 Å². The quantitative estimate of drug-likeness (QED) is 0.321. The van der Waals surface area contributed by atoms with Crippen LogP contribution in [0.5, 0.6) is 0 Å². The molecule has 0 bridgehead atoms. The SMILES string of the molecule is C=CC(=O)OCCOC(=O)C(F)(F)CC(F)(F)F. The molecule has 0 aliphatic rings. The molecule has 9 heteroatoms. The monoisotopic (exact) mass is 276 g/mol. The van der Waals surface area contributed by atoms with E-state index < -0.39 is 43.7 Å². The third kappa shape index (κ3) is 6.81. The van der Waals surface area contributed by atoms with E-state index in [2.05, 4.69) is 16.1 Å². The fourth-order valence-electron chi connectivity index (χ4n) is 0.765. The van der Waals surface area contributed by atoms with Crippen molar-refractivity contribution < 1.29 is 41.0 Å². The van der Waals surface area contributed by atoms with Gasteiger partial charge in [0.15, 0.2) is 0 Å². The zero-order valence-corrected chi connectivity index (χ0v) is 8.93. The number of rotatable bonds is 6. The Morgan fingerprint density at radius 1 is 1.06 bits per heavy atom. The molecule has 0 rings (SSSR count). The van der Waals surface area contributed by atoms with Crippen LogP contribution < -0.4 is 0 Å². The summed E-state index contributed by atoms with van der Waals surface area (Å²) >= 11 is 0. The average molecular weight is 276 g/mol. The summed E-state index contributed by atoms with van der Waals surface area (Å²) < 4.78 is 68.4. The molecule has 0 spiro atoms. The topological polar surface area (TPSA) is 52.6 Å². The highest BCUT2D eigenvalue weighted by Gasteiger charge is 2.50. The number of carbonyl (C=O) groups is 2. The van der Waals surface area contributed by atoms with Crippen molar-refractivity contribution in [3.05, 3.63) is 12.7 Å². The number of hydrogen-bond donors (Lipinski definition) is 0. The van der Waals surface area contributed by atoms with Gasteiger partial charge in [0.1, 0.15) is 19.6 Å². The van der Waals surface area contributed by atoms with Crippen LogP contribution in [-0.2, 0) is 19.1 Å². The summed E-state index contributed by atoms with van der Waals surface area (Å²) in [5, 5.41) is 0. The second-order valence-electron chi connectivity index (χ2n) is 3.00. The minimum absolute atomic E-state index is 0.557. The molecule has 0 heterocycles. The fourth-order valence-corrected chi connectivity index (χ4v) is 0.765. The molecular formula is C9H9F5O4. The van der Waals surface area contributed by atoms with E-state index in [9.17, 15) is 31.5 Å². The molecule has 0 unspecified atom stereocenters. The summed E-state index contributed by atoms with van der Waals surface area (Å²) in [7, 11) is 0. The van der Waals surface area contributed by atoms with Crippen LogP contribution in [0, 0.1) is 0 Å². The van der Waals surface area contributed by atoms with Crippen molar-refractivity contribution in [1.29, 1.82) is 0 Å². The molecule has 0 fully saturated rings. The predicted octanol–water partition coefficient (Wildman–Crippen LogP) is 1.85. The molecule has 0 aliphatic carbocycles. The lowest BCUT2D eigenvalue weighted by Crippen LogP contribution is -2.36. The molecule has 0 atom stereocenters. The summed E-state index contributed by atoms with van der Waals surface area (Å²) in [6, 6.07) is 0. The first kappa shape index (κ1) is 16.3. The molecule has 0 saturated heterocycles. The number of carbonyl (C=O) groups excluding carboxylic acids is 2. The molecule has 18 heavy (non-hydrogen) atoms. The molecular weight excluding hydrogens is 267 g/mol. The Morgan fingerprint density at radius 3 is 2.00 bits per heavy atom. The van der Waals surface area contributed by atoms with Crippen molar-refractivity contribution >= 4 is 11.9 Å². The molecule has 0 aliphatic heterocycles. The van der Waals surface area contributed by atoms with Crippen molar-refractivity contribution in [2.75, 3.05) is 13.2 Å². The van der Waals surface area contributed by atoms with Gasteiger partial charge < -0.3 is 9.47 Å². The van der Waals surface area contributed by atoms with Gasteiger partial charge in [-0.05, 0) is 0 Å². The van der Waals surface area contributed by atoms with Crippen molar-refractivity contribution in [3.63, 3.8) is 0 Å². The largest absolute Gasteiger partial charge is 0.459 e. The predicted molar refractivity (Wildman–Crippen MR) is 47.7 cm³/mol. The number of esters is 2. The minimum Gasteiger partial charge on any atom is -0.459 e. The van der Waals surface area contributed by atoms with Gasteiger partial charge in [-0.15, -0.1) is 0 Å². The summed E-state index contributed by atoms with van der Waals surface area (Å²) in [6.07, 6.45) is -7.02. The molecule has 0 aromatic carbocycles. The van der Waals surface area contributed by atoms with Crippen molar-refractivity contribution in [2.24, 2.45) is 0 Å². The number of ether oxygens (including phenoxy) is 2. The number of hydrogen-bond acceptors (Lipinski definition) is 4. The van der Waals surface area contributed by atoms with Gasteiger partial charge >= 0.3 is 24.0 Å². The molecule has 0 radical (unpaired) electrons. The van der Waals surface area contributed by atoms with Gasteiger partial charge in [-0.3, -0.25) is 0 Å². The van der Waals surface area contributed by atoms with E-state index in [1.54, 1.807) is 0 Å². The highest BCUT2D eigenvalue weighted by molar-refractivity contribution is 5.81. The molecule has 104 valence electrons. The van der Waals surface area contributed by atoms with Crippen molar-refractivity contribution in [1.82, 2.24) is 0 Å². The zero-order valence-electron chi connectivity index (χ0n) is 8.93. The van der Waals surface area contributed by atoms with E-state index >= 15 is 0 Å². The smallest absolute Gasteiger partial charge is 0.395 e. The van der Waals surface area contributed by atoms with E-state index in [0.29, 0.717) is 0 Å². The van der Waals surface area contributed by atoms with E-state index in [4.69, 9.17) is 0 Å². The second-order valence-corrected chi connectivity index (χ2v) is 3.00. The normalized spacial score (nSPS) is 11.8. The van der Waals surface area contributed by atoms with E-state index in [0.717, 1.165) is 6.08 Å². The highest BCUT2D eigenvalue weighted by Crippen LogP contribution is 2.32. The van der Waals surface area contributed by atoms with Gasteiger partial charge in [-0.1, -0.05) is 6.58 Å². The molecule has 0 saturated carbocycles. The third-order valence-corrected chi connectivity index (χ3v) is 1.45. The maximum Gasteiger partial charge on any atom is 0.395 e. The van der Waals surface area contributed by atoms with Crippen LogP contribution in [-0.4, -0.2) is 37.3 Å². The van der Waals surface area contributed by atoms with Crippen LogP contribution >= 0.6 is 0 Å². The third-order valence-electron chi connectivity index (χ3n) is 1.45. The van der Waals surface area contributed by atoms with Crippen LogP contribution in [0.25, 0.3) is 0 Å². The second kappa shape index (κ2) is 6.31. The minimum atomic E-state index is -5.20. The zero-order chi connectivity index (χ0) is 14.4. The lowest BCUT2D eigenvalue weighted by Gasteiger charge is -2.16. The van der Waals surface area contributed by atoms with Gasteiger partial charge in [0.25, 0.3) is 0 Å². The Kier molecular flexibility index (Phi) is 5.73. The highest BCUT2D eigenvalue weighted by atomic mass is 19.4. The molecule has 0 aromatic rings. The number of alkyl halides is 5. The van der Waals surface area contributed by atoms with Crippen LogP contribution in [0.2, 0.25) is 0 Å². The first-order valence-electron chi connectivity index (χ1n) is 4.49. The molecule has 0 aromatic heterocycles. The standard InChI is InChI=1S/C9H9F5O4/c1-2-6(15)17-3-4-18-7(16)8(10,11)5-9(12,13)14/h2H,1,3-5H2. The lowest BCUT2D eigenvalue weighted by molar-refractivity contribution is -0.209. The van der Waals surface area contributed by atoms with Gasteiger partial charge in [-0.25, -0.2) is 9.59 Å². The van der Waals surface area contributed by atoms with Gasteiger partial charge in [0, 0.05) is 6.08 Å². The number of halogens is 5. The van der Waals surface area contributed by atoms with E-state index in [-0.39, 0.29) is 0 Å². The Hall–Kier alpha value is -1.67. The van der Waals surface area contributed by atoms with E-state index in [1.807, 2.05) is 0 Å². The summed E-state index contributed by atoms with van der Waals surface area (Å²) in [5.74, 6) is -7.87. The van der Waals surface area contributed by atoms with Crippen molar-refractivity contribution in [2.45, 2.75) is 18.5 Å². The first-order valence-corrected chi connectivity index (χ1v) is 4.49. The van der Waals surface area contributed by atoms with Gasteiger partial charge in [0.2, 0.25) is 0 Å². The molecule has 0 N–H and O–H groups in total. The summed E-state index contributed by atoms with van der Waals surface area (Å²) in [6.45, 7) is 1.70. The van der Waals surface area contributed by atoms with Gasteiger partial charge in [-0.2, -0.15) is 22.0 Å². The van der Waals surface area contributed by atoms with Crippen LogP contribution in [0.15, 0.2) is 12.7 Å². The Labute approximate surface area is 98.3 Å². The van der Waals surface area contributed by atoms with E-state index in [1.165, 1.54) is 0 Å².